The van der Waals surface area contributed by atoms with Gasteiger partial charge in [0.1, 0.15) is 23.8 Å². The zero-order valence-corrected chi connectivity index (χ0v) is 22.2. The molecular formula is C30H29ClN2O5. The second-order valence-corrected chi connectivity index (χ2v) is 10.7. The molecule has 8 heteroatoms. The molecule has 1 heterocycles. The SMILES string of the molecule is COC(=O)N1c2cccc(O)c2NC2=C(C(=O)CC(C)(C)C2)C1c1ccc(OCc2ccccc2)cc1Cl. The maximum absolute atomic E-state index is 13.7. The average molecular weight is 533 g/mol. The number of ketones is 1. The maximum atomic E-state index is 13.7. The number of halogens is 1. The van der Waals surface area contributed by atoms with E-state index in [2.05, 4.69) is 5.32 Å². The van der Waals surface area contributed by atoms with Crippen LogP contribution in [0.15, 0.2) is 78.0 Å². The molecule has 2 N–H and O–H groups in total. The van der Waals surface area contributed by atoms with E-state index >= 15 is 0 Å². The van der Waals surface area contributed by atoms with Crippen molar-refractivity contribution in [3.8, 4) is 11.5 Å². The van der Waals surface area contributed by atoms with Gasteiger partial charge < -0.3 is 19.9 Å². The fraction of sp³-hybridized carbons (Fsp3) is 0.267. The number of carbonyl (C=O) groups is 2. The van der Waals surface area contributed by atoms with Crippen molar-refractivity contribution in [3.05, 3.63) is 94.1 Å². The summed E-state index contributed by atoms with van der Waals surface area (Å²) in [4.78, 5) is 28.4. The highest BCUT2D eigenvalue weighted by atomic mass is 35.5. The first-order valence-electron chi connectivity index (χ1n) is 12.4. The van der Waals surface area contributed by atoms with Gasteiger partial charge >= 0.3 is 6.09 Å². The molecule has 0 spiro atoms. The van der Waals surface area contributed by atoms with Crippen LogP contribution in [0.3, 0.4) is 0 Å². The van der Waals surface area contributed by atoms with Crippen molar-refractivity contribution in [2.45, 2.75) is 39.3 Å². The first kappa shape index (κ1) is 25.7. The largest absolute Gasteiger partial charge is 0.506 e. The molecule has 0 saturated carbocycles. The van der Waals surface area contributed by atoms with E-state index in [0.29, 0.717) is 58.4 Å². The normalized spacial score (nSPS) is 18.2. The van der Waals surface area contributed by atoms with Gasteiger partial charge in [0, 0.05) is 22.7 Å². The number of aromatic hydroxyl groups is 1. The van der Waals surface area contributed by atoms with Gasteiger partial charge in [-0.1, -0.05) is 67.9 Å². The van der Waals surface area contributed by atoms with Crippen LogP contribution in [0.1, 0.15) is 43.9 Å². The van der Waals surface area contributed by atoms with E-state index in [1.165, 1.54) is 18.1 Å². The number of allylic oxidation sites excluding steroid dienone is 1. The Kier molecular flexibility index (Phi) is 6.80. The smallest absolute Gasteiger partial charge is 0.414 e. The van der Waals surface area contributed by atoms with Crippen LogP contribution >= 0.6 is 11.6 Å². The van der Waals surface area contributed by atoms with Crippen molar-refractivity contribution in [1.82, 2.24) is 0 Å². The van der Waals surface area contributed by atoms with Gasteiger partial charge in [0.05, 0.1) is 18.8 Å². The Balaban J connectivity index is 1.64. The Morgan fingerprint density at radius 1 is 1.11 bits per heavy atom. The molecule has 1 aliphatic carbocycles. The molecule has 0 aromatic heterocycles. The molecule has 7 nitrogen and oxygen atoms in total. The van der Waals surface area contributed by atoms with E-state index in [9.17, 15) is 14.7 Å². The number of anilines is 2. The van der Waals surface area contributed by atoms with Crippen molar-refractivity contribution in [1.29, 1.82) is 0 Å². The summed E-state index contributed by atoms with van der Waals surface area (Å²) in [5.74, 6) is 0.410. The van der Waals surface area contributed by atoms with Crippen molar-refractivity contribution in [2.24, 2.45) is 5.41 Å². The lowest BCUT2D eigenvalue weighted by atomic mass is 9.73. The van der Waals surface area contributed by atoms with Crippen LogP contribution < -0.4 is 15.0 Å². The number of rotatable bonds is 4. The Bertz CT molecular complexity index is 1430. The molecular weight excluding hydrogens is 504 g/mol. The van der Waals surface area contributed by atoms with Crippen LogP contribution in [0, 0.1) is 5.41 Å². The van der Waals surface area contributed by atoms with E-state index in [1.54, 1.807) is 30.3 Å². The molecule has 0 fully saturated rings. The van der Waals surface area contributed by atoms with E-state index in [4.69, 9.17) is 21.1 Å². The van der Waals surface area contributed by atoms with Crippen molar-refractivity contribution in [2.75, 3.05) is 17.3 Å². The molecule has 2 aliphatic rings. The fourth-order valence-electron chi connectivity index (χ4n) is 5.20. The van der Waals surface area contributed by atoms with Crippen LogP contribution in [0.5, 0.6) is 11.5 Å². The Hall–Kier alpha value is -3.97. The molecule has 38 heavy (non-hydrogen) atoms. The van der Waals surface area contributed by atoms with Crippen LogP contribution in [0.2, 0.25) is 5.02 Å². The van der Waals surface area contributed by atoms with Crippen molar-refractivity contribution >= 4 is 34.9 Å². The van der Waals surface area contributed by atoms with Gasteiger partial charge in [-0.3, -0.25) is 9.69 Å². The number of nitrogens with one attached hydrogen (secondary N) is 1. The van der Waals surface area contributed by atoms with Crippen molar-refractivity contribution < 1.29 is 24.2 Å². The van der Waals surface area contributed by atoms with E-state index in [1.807, 2.05) is 44.2 Å². The fourth-order valence-corrected chi connectivity index (χ4v) is 5.47. The minimum absolute atomic E-state index is 0.0458. The van der Waals surface area contributed by atoms with Gasteiger partial charge in [0.25, 0.3) is 0 Å². The first-order chi connectivity index (χ1) is 18.2. The van der Waals surface area contributed by atoms with E-state index < -0.39 is 12.1 Å². The van der Waals surface area contributed by atoms with Crippen LogP contribution in [0.4, 0.5) is 16.2 Å². The Morgan fingerprint density at radius 2 is 1.87 bits per heavy atom. The molecule has 1 atom stereocenters. The van der Waals surface area contributed by atoms with Crippen molar-refractivity contribution in [3.63, 3.8) is 0 Å². The summed E-state index contributed by atoms with van der Waals surface area (Å²) in [6.45, 7) is 4.41. The first-order valence-corrected chi connectivity index (χ1v) is 12.7. The van der Waals surface area contributed by atoms with Gasteiger partial charge in [0.15, 0.2) is 5.78 Å². The quantitative estimate of drug-likeness (QED) is 0.351. The highest BCUT2D eigenvalue weighted by molar-refractivity contribution is 6.31. The number of amides is 1. The molecule has 1 aliphatic heterocycles. The van der Waals surface area contributed by atoms with Gasteiger partial charge in [-0.05, 0) is 47.2 Å². The lowest BCUT2D eigenvalue weighted by Gasteiger charge is -2.36. The summed E-state index contributed by atoms with van der Waals surface area (Å²) in [6, 6.07) is 19.0. The van der Waals surface area contributed by atoms with Crippen LogP contribution in [-0.2, 0) is 16.1 Å². The summed E-state index contributed by atoms with van der Waals surface area (Å²) in [6.07, 6.45) is 0.163. The van der Waals surface area contributed by atoms with Gasteiger partial charge in [-0.15, -0.1) is 0 Å². The summed E-state index contributed by atoms with van der Waals surface area (Å²) < 4.78 is 11.1. The number of methoxy groups -OCH3 is 1. The molecule has 196 valence electrons. The number of nitrogens with zero attached hydrogens (tertiary/aromatic N) is 1. The third-order valence-corrected chi connectivity index (χ3v) is 7.22. The highest BCUT2D eigenvalue weighted by Gasteiger charge is 2.44. The zero-order valence-electron chi connectivity index (χ0n) is 21.5. The standard InChI is InChI=1S/C30H29ClN2O5/c1-30(2)15-22-26(25(35)16-30)28(33(29(36)37-3)23-10-7-11-24(34)27(23)32-22)20-13-12-19(14-21(20)31)38-17-18-8-5-4-6-9-18/h4-14,28,32,34H,15-17H2,1-3H3. The molecule has 5 rings (SSSR count). The minimum atomic E-state index is -0.882. The summed E-state index contributed by atoms with van der Waals surface area (Å²) >= 11 is 6.84. The number of benzene rings is 3. The number of para-hydroxylation sites is 1. The van der Waals surface area contributed by atoms with E-state index in [0.717, 1.165) is 5.56 Å². The monoisotopic (exact) mass is 532 g/mol. The highest BCUT2D eigenvalue weighted by Crippen LogP contribution is 2.51. The molecule has 3 aromatic rings. The summed E-state index contributed by atoms with van der Waals surface area (Å²) in [5, 5.41) is 14.4. The second-order valence-electron chi connectivity index (χ2n) is 10.3. The van der Waals surface area contributed by atoms with Gasteiger partial charge in [-0.25, -0.2) is 4.79 Å². The maximum Gasteiger partial charge on any atom is 0.414 e. The Labute approximate surface area is 226 Å². The number of ether oxygens (including phenoxy) is 2. The number of hydrogen-bond acceptors (Lipinski definition) is 6. The molecule has 3 aromatic carbocycles. The molecule has 1 unspecified atom stereocenters. The number of phenols is 1. The van der Waals surface area contributed by atoms with Gasteiger partial charge in [-0.2, -0.15) is 0 Å². The second kappa shape index (κ2) is 10.1. The Morgan fingerprint density at radius 3 is 2.58 bits per heavy atom. The van der Waals surface area contributed by atoms with E-state index in [-0.39, 0.29) is 16.9 Å². The average Bonchev–Trinajstić information content (AvgIpc) is 3.02. The lowest BCUT2D eigenvalue weighted by Crippen LogP contribution is -2.39. The predicted molar refractivity (Wildman–Crippen MR) is 147 cm³/mol. The topological polar surface area (TPSA) is 88.1 Å². The number of hydrogen-bond donors (Lipinski definition) is 2. The number of fused-ring (bicyclic) bond motifs is 1. The predicted octanol–water partition coefficient (Wildman–Crippen LogP) is 7.01. The molecule has 0 saturated heterocycles. The lowest BCUT2D eigenvalue weighted by molar-refractivity contribution is -0.118. The van der Waals surface area contributed by atoms with Gasteiger partial charge in [0.2, 0.25) is 0 Å². The minimum Gasteiger partial charge on any atom is -0.506 e. The summed E-state index contributed by atoms with van der Waals surface area (Å²) in [7, 11) is 1.28. The number of carbonyl (C=O) groups excluding carboxylic acids is 2. The zero-order chi connectivity index (χ0) is 27.0. The molecule has 0 bridgehead atoms. The number of phenolic OH excluding ortho intramolecular Hbond substituents is 1. The number of Topliss-reactive ketones (excluding diaryl/α,β-unsaturated/α-hetero) is 1. The summed E-state index contributed by atoms with van der Waals surface area (Å²) in [5.41, 5.74) is 3.02. The molecule has 0 radical (unpaired) electrons. The third-order valence-electron chi connectivity index (χ3n) is 6.89. The molecule has 1 amide bonds. The third kappa shape index (κ3) is 4.82. The van der Waals surface area contributed by atoms with Crippen LogP contribution in [0.25, 0.3) is 0 Å². The van der Waals surface area contributed by atoms with Crippen LogP contribution in [-0.4, -0.2) is 24.1 Å².